The lowest BCUT2D eigenvalue weighted by molar-refractivity contribution is -0.118. The largest absolute Gasteiger partial charge is 0.495 e. The molecule has 0 fully saturated rings. The average molecular weight is 426 g/mol. The molecule has 0 atom stereocenters. The molecule has 0 bridgehead atoms. The molecule has 156 valence electrons. The number of rotatable bonds is 8. The summed E-state index contributed by atoms with van der Waals surface area (Å²) in [6.07, 6.45) is 0. The van der Waals surface area contributed by atoms with Crippen LogP contribution in [-0.2, 0) is 14.8 Å². The number of nitrogens with one attached hydrogen (secondary N) is 2. The second-order valence-corrected chi connectivity index (χ2v) is 8.09. The summed E-state index contributed by atoms with van der Waals surface area (Å²) >= 11 is 0. The lowest BCUT2D eigenvalue weighted by Crippen LogP contribution is -2.21. The van der Waals surface area contributed by atoms with Gasteiger partial charge in [0, 0.05) is 5.69 Å². The minimum Gasteiger partial charge on any atom is -0.495 e. The van der Waals surface area contributed by atoms with E-state index in [2.05, 4.69) is 10.0 Å². The van der Waals surface area contributed by atoms with Crippen LogP contribution in [0.15, 0.2) is 77.7 Å². The number of anilines is 2. The van der Waals surface area contributed by atoms with Gasteiger partial charge in [0.1, 0.15) is 11.5 Å². The number of methoxy groups -OCH3 is 1. The number of aryl methyl sites for hydroxylation is 1. The Morgan fingerprint density at radius 1 is 0.967 bits per heavy atom. The number of carbonyl (C=O) groups is 1. The SMILES string of the molecule is COc1ccccc1NS(=O)(=O)c1cc(NC(=O)COc2ccccc2)ccc1C. The van der Waals surface area contributed by atoms with Gasteiger partial charge < -0.3 is 14.8 Å². The molecule has 0 aliphatic carbocycles. The summed E-state index contributed by atoms with van der Waals surface area (Å²) in [6.45, 7) is 1.49. The van der Waals surface area contributed by atoms with Crippen LogP contribution in [0.2, 0.25) is 0 Å². The Bertz CT molecular complexity index is 1130. The standard InChI is InChI=1S/C22H22N2O5S/c1-16-12-13-17(23-22(25)15-29-18-8-4-3-5-9-18)14-21(16)30(26,27)24-19-10-6-7-11-20(19)28-2/h3-14,24H,15H2,1-2H3,(H,23,25). The van der Waals surface area contributed by atoms with Gasteiger partial charge in [-0.15, -0.1) is 0 Å². The third-order valence-electron chi connectivity index (χ3n) is 4.23. The van der Waals surface area contributed by atoms with E-state index in [1.165, 1.54) is 13.2 Å². The van der Waals surface area contributed by atoms with E-state index in [0.29, 0.717) is 28.4 Å². The molecule has 0 unspecified atom stereocenters. The maximum Gasteiger partial charge on any atom is 0.262 e. The maximum atomic E-state index is 12.9. The van der Waals surface area contributed by atoms with E-state index in [4.69, 9.17) is 9.47 Å². The Morgan fingerprint density at radius 3 is 2.40 bits per heavy atom. The van der Waals surface area contributed by atoms with Crippen molar-refractivity contribution in [3.63, 3.8) is 0 Å². The first-order valence-electron chi connectivity index (χ1n) is 9.13. The van der Waals surface area contributed by atoms with E-state index < -0.39 is 15.9 Å². The highest BCUT2D eigenvalue weighted by Crippen LogP contribution is 2.28. The van der Waals surface area contributed by atoms with Crippen LogP contribution >= 0.6 is 0 Å². The molecule has 3 aromatic rings. The zero-order valence-electron chi connectivity index (χ0n) is 16.6. The molecule has 0 spiro atoms. The molecule has 0 heterocycles. The molecule has 7 nitrogen and oxygen atoms in total. The molecule has 3 rings (SSSR count). The summed E-state index contributed by atoms with van der Waals surface area (Å²) in [5.41, 5.74) is 1.21. The smallest absolute Gasteiger partial charge is 0.262 e. The zero-order valence-corrected chi connectivity index (χ0v) is 17.4. The number of hydrogen-bond acceptors (Lipinski definition) is 5. The maximum absolute atomic E-state index is 12.9. The van der Waals surface area contributed by atoms with Gasteiger partial charge in [-0.2, -0.15) is 0 Å². The van der Waals surface area contributed by atoms with Crippen LogP contribution in [0.3, 0.4) is 0 Å². The van der Waals surface area contributed by atoms with Crippen molar-refractivity contribution in [1.82, 2.24) is 0 Å². The molecule has 0 saturated heterocycles. The topological polar surface area (TPSA) is 93.7 Å². The molecule has 1 amide bonds. The number of benzene rings is 3. The summed E-state index contributed by atoms with van der Waals surface area (Å²) < 4.78 is 39.0. The predicted octanol–water partition coefficient (Wildman–Crippen LogP) is 3.82. The Kier molecular flexibility index (Phi) is 6.58. The molecule has 0 aromatic heterocycles. The molecule has 3 aromatic carbocycles. The molecular formula is C22H22N2O5S. The first kappa shape index (κ1) is 21.2. The summed E-state index contributed by atoms with van der Waals surface area (Å²) in [5.74, 6) is 0.575. The van der Waals surface area contributed by atoms with Crippen LogP contribution in [0.5, 0.6) is 11.5 Å². The van der Waals surface area contributed by atoms with Gasteiger partial charge in [-0.05, 0) is 48.9 Å². The molecule has 0 saturated carbocycles. The number of hydrogen-bond donors (Lipinski definition) is 2. The van der Waals surface area contributed by atoms with Crippen LogP contribution in [0.4, 0.5) is 11.4 Å². The van der Waals surface area contributed by atoms with Crippen LogP contribution in [0.25, 0.3) is 0 Å². The van der Waals surface area contributed by atoms with Gasteiger partial charge in [0.05, 0.1) is 17.7 Å². The molecular weight excluding hydrogens is 404 g/mol. The van der Waals surface area contributed by atoms with E-state index in [1.54, 1.807) is 67.6 Å². The lowest BCUT2D eigenvalue weighted by Gasteiger charge is -2.14. The van der Waals surface area contributed by atoms with Crippen molar-refractivity contribution < 1.29 is 22.7 Å². The van der Waals surface area contributed by atoms with E-state index in [0.717, 1.165) is 0 Å². The second-order valence-electron chi connectivity index (χ2n) is 6.44. The van der Waals surface area contributed by atoms with Crippen molar-refractivity contribution in [3.05, 3.63) is 78.4 Å². The normalized spacial score (nSPS) is 10.9. The number of sulfonamides is 1. The third kappa shape index (κ3) is 5.30. The highest BCUT2D eigenvalue weighted by molar-refractivity contribution is 7.92. The Labute approximate surface area is 175 Å². The van der Waals surface area contributed by atoms with Crippen molar-refractivity contribution in [2.75, 3.05) is 23.8 Å². The predicted molar refractivity (Wildman–Crippen MR) is 116 cm³/mol. The van der Waals surface area contributed by atoms with Gasteiger partial charge >= 0.3 is 0 Å². The summed E-state index contributed by atoms with van der Waals surface area (Å²) in [7, 11) is -2.44. The van der Waals surface area contributed by atoms with Gasteiger partial charge in [-0.3, -0.25) is 9.52 Å². The van der Waals surface area contributed by atoms with E-state index >= 15 is 0 Å². The summed E-state index contributed by atoms with van der Waals surface area (Å²) in [6, 6.07) is 20.3. The number of carbonyl (C=O) groups excluding carboxylic acids is 1. The van der Waals surface area contributed by atoms with Crippen molar-refractivity contribution in [2.45, 2.75) is 11.8 Å². The van der Waals surface area contributed by atoms with Gasteiger partial charge in [0.15, 0.2) is 6.61 Å². The highest BCUT2D eigenvalue weighted by atomic mass is 32.2. The fraction of sp³-hybridized carbons (Fsp3) is 0.136. The summed E-state index contributed by atoms with van der Waals surface area (Å²) in [4.78, 5) is 12.2. The van der Waals surface area contributed by atoms with Crippen molar-refractivity contribution in [3.8, 4) is 11.5 Å². The van der Waals surface area contributed by atoms with Crippen molar-refractivity contribution >= 4 is 27.3 Å². The molecule has 2 N–H and O–H groups in total. The number of amides is 1. The van der Waals surface area contributed by atoms with Crippen LogP contribution < -0.4 is 19.5 Å². The van der Waals surface area contributed by atoms with Gasteiger partial charge in [-0.1, -0.05) is 36.4 Å². The van der Waals surface area contributed by atoms with Crippen LogP contribution in [0, 0.1) is 6.92 Å². The average Bonchev–Trinajstić information content (AvgIpc) is 2.74. The molecule has 0 aliphatic rings. The number of para-hydroxylation sites is 3. The number of ether oxygens (including phenoxy) is 2. The quantitative estimate of drug-likeness (QED) is 0.571. The Balaban J connectivity index is 1.74. The Hall–Kier alpha value is -3.52. The van der Waals surface area contributed by atoms with Gasteiger partial charge in [0.25, 0.3) is 15.9 Å². The lowest BCUT2D eigenvalue weighted by atomic mass is 10.2. The molecule has 0 aliphatic heterocycles. The van der Waals surface area contributed by atoms with Crippen LogP contribution in [-0.4, -0.2) is 28.0 Å². The molecule has 0 radical (unpaired) electrons. The second kappa shape index (κ2) is 9.32. The first-order valence-corrected chi connectivity index (χ1v) is 10.6. The van der Waals surface area contributed by atoms with Crippen molar-refractivity contribution in [1.29, 1.82) is 0 Å². The fourth-order valence-electron chi connectivity index (χ4n) is 2.76. The van der Waals surface area contributed by atoms with E-state index in [1.807, 2.05) is 6.07 Å². The Morgan fingerprint density at radius 2 is 1.67 bits per heavy atom. The monoisotopic (exact) mass is 426 g/mol. The van der Waals surface area contributed by atoms with E-state index in [-0.39, 0.29) is 11.5 Å². The van der Waals surface area contributed by atoms with E-state index in [9.17, 15) is 13.2 Å². The summed E-state index contributed by atoms with van der Waals surface area (Å²) in [5, 5.41) is 2.66. The minimum absolute atomic E-state index is 0.0511. The fourth-order valence-corrected chi connectivity index (χ4v) is 4.10. The highest BCUT2D eigenvalue weighted by Gasteiger charge is 2.20. The molecule has 8 heteroatoms. The first-order chi connectivity index (χ1) is 14.4. The third-order valence-corrected chi connectivity index (χ3v) is 5.73. The van der Waals surface area contributed by atoms with Gasteiger partial charge in [-0.25, -0.2) is 8.42 Å². The van der Waals surface area contributed by atoms with Crippen molar-refractivity contribution in [2.24, 2.45) is 0 Å². The zero-order chi connectivity index (χ0) is 21.6. The van der Waals surface area contributed by atoms with Gasteiger partial charge in [0.2, 0.25) is 0 Å². The van der Waals surface area contributed by atoms with Crippen LogP contribution in [0.1, 0.15) is 5.56 Å². The minimum atomic E-state index is -3.90. The molecule has 30 heavy (non-hydrogen) atoms.